The third kappa shape index (κ3) is 1.94. The van der Waals surface area contributed by atoms with Crippen molar-refractivity contribution >= 4 is 28.1 Å². The summed E-state index contributed by atoms with van der Waals surface area (Å²) in [5, 5.41) is 1.75. The van der Waals surface area contributed by atoms with Gasteiger partial charge in [0, 0.05) is 17.1 Å². The summed E-state index contributed by atoms with van der Waals surface area (Å²) in [7, 11) is 0. The Morgan fingerprint density at radius 3 is 2.94 bits per heavy atom. The van der Waals surface area contributed by atoms with E-state index in [4.69, 9.17) is 17.3 Å². The first-order valence-electron chi connectivity index (χ1n) is 5.15. The Kier molecular flexibility index (Phi) is 3.22. The molecule has 1 aromatic carbocycles. The van der Waals surface area contributed by atoms with E-state index >= 15 is 0 Å². The summed E-state index contributed by atoms with van der Waals surface area (Å²) in [6.07, 6.45) is 2.49. The summed E-state index contributed by atoms with van der Waals surface area (Å²) >= 11 is 6.19. The van der Waals surface area contributed by atoms with Crippen LogP contribution in [-0.4, -0.2) is 11.5 Å². The van der Waals surface area contributed by atoms with Crippen LogP contribution in [-0.2, 0) is 0 Å². The van der Waals surface area contributed by atoms with Crippen molar-refractivity contribution in [3.63, 3.8) is 0 Å². The van der Waals surface area contributed by atoms with Crippen molar-refractivity contribution in [1.29, 1.82) is 0 Å². The third-order valence-corrected chi connectivity index (χ3v) is 2.84. The number of aromatic nitrogens is 1. The van der Waals surface area contributed by atoms with Crippen LogP contribution in [0, 0.1) is 0 Å². The van der Waals surface area contributed by atoms with Crippen molar-refractivity contribution in [2.24, 2.45) is 5.73 Å². The van der Waals surface area contributed by atoms with Crippen molar-refractivity contribution in [3.8, 4) is 0 Å². The molecule has 0 unspecified atom stereocenters. The summed E-state index contributed by atoms with van der Waals surface area (Å²) in [6, 6.07) is 7.76. The molecule has 0 aliphatic carbocycles. The second kappa shape index (κ2) is 4.64. The molecule has 82 valence electrons. The molecule has 2 aromatic rings. The van der Waals surface area contributed by atoms with E-state index in [1.807, 2.05) is 24.3 Å². The van der Waals surface area contributed by atoms with Gasteiger partial charge in [0.1, 0.15) is 0 Å². The maximum atomic E-state index is 6.19. The fraction of sp³-hybridized carbons (Fsp3) is 0.154. The van der Waals surface area contributed by atoms with Gasteiger partial charge in [-0.15, -0.1) is 0 Å². The SMILES string of the molecule is C=C(CCN)c1c(Cl)ccc2cccnc12. The van der Waals surface area contributed by atoms with E-state index in [2.05, 4.69) is 11.6 Å². The van der Waals surface area contributed by atoms with Crippen LogP contribution in [0.1, 0.15) is 12.0 Å². The van der Waals surface area contributed by atoms with Crippen LogP contribution in [0.2, 0.25) is 5.02 Å². The molecule has 3 heteroatoms. The highest BCUT2D eigenvalue weighted by atomic mass is 35.5. The molecule has 2 rings (SSSR count). The highest BCUT2D eigenvalue weighted by molar-refractivity contribution is 6.33. The van der Waals surface area contributed by atoms with Crippen LogP contribution < -0.4 is 5.73 Å². The van der Waals surface area contributed by atoms with Gasteiger partial charge < -0.3 is 5.73 Å². The molecule has 2 N–H and O–H groups in total. The predicted molar refractivity (Wildman–Crippen MR) is 69.5 cm³/mol. The van der Waals surface area contributed by atoms with E-state index in [-0.39, 0.29) is 0 Å². The lowest BCUT2D eigenvalue weighted by Gasteiger charge is -2.10. The quantitative estimate of drug-likeness (QED) is 0.882. The monoisotopic (exact) mass is 232 g/mol. The van der Waals surface area contributed by atoms with Crippen LogP contribution in [0.4, 0.5) is 0 Å². The molecule has 2 nitrogen and oxygen atoms in total. The smallest absolute Gasteiger partial charge is 0.0791 e. The number of nitrogens with two attached hydrogens (primary N) is 1. The van der Waals surface area contributed by atoms with Crippen molar-refractivity contribution in [2.45, 2.75) is 6.42 Å². The molecule has 0 fully saturated rings. The minimum absolute atomic E-state index is 0.568. The van der Waals surface area contributed by atoms with E-state index in [9.17, 15) is 0 Å². The van der Waals surface area contributed by atoms with Crippen LogP contribution in [0.3, 0.4) is 0 Å². The number of halogens is 1. The first kappa shape index (κ1) is 11.1. The molecule has 0 radical (unpaired) electrons. The van der Waals surface area contributed by atoms with Crippen LogP contribution >= 0.6 is 11.6 Å². The van der Waals surface area contributed by atoms with Gasteiger partial charge in [0.15, 0.2) is 0 Å². The average molecular weight is 233 g/mol. The van der Waals surface area contributed by atoms with Crippen molar-refractivity contribution < 1.29 is 0 Å². The molecule has 0 spiro atoms. The van der Waals surface area contributed by atoms with Gasteiger partial charge >= 0.3 is 0 Å². The largest absolute Gasteiger partial charge is 0.330 e. The Balaban J connectivity index is 2.66. The molecule has 0 saturated heterocycles. The maximum absolute atomic E-state index is 6.19. The number of hydrogen-bond donors (Lipinski definition) is 1. The number of fused-ring (bicyclic) bond motifs is 1. The first-order valence-corrected chi connectivity index (χ1v) is 5.53. The average Bonchev–Trinajstić information content (AvgIpc) is 2.29. The summed E-state index contributed by atoms with van der Waals surface area (Å²) < 4.78 is 0. The number of rotatable bonds is 3. The molecule has 1 aromatic heterocycles. The molecule has 1 heterocycles. The van der Waals surface area contributed by atoms with Crippen molar-refractivity contribution in [1.82, 2.24) is 4.98 Å². The zero-order valence-electron chi connectivity index (χ0n) is 8.91. The Morgan fingerprint density at radius 1 is 1.38 bits per heavy atom. The van der Waals surface area contributed by atoms with Gasteiger partial charge in [-0.3, -0.25) is 4.98 Å². The van der Waals surface area contributed by atoms with E-state index in [0.29, 0.717) is 11.6 Å². The normalized spacial score (nSPS) is 10.6. The van der Waals surface area contributed by atoms with Crippen LogP contribution in [0.15, 0.2) is 37.0 Å². The molecule has 0 amide bonds. The second-order valence-electron chi connectivity index (χ2n) is 3.64. The highest BCUT2D eigenvalue weighted by Crippen LogP contribution is 2.30. The van der Waals surface area contributed by atoms with Gasteiger partial charge in [0.05, 0.1) is 10.5 Å². The first-order chi connectivity index (χ1) is 7.74. The lowest BCUT2D eigenvalue weighted by molar-refractivity contribution is 1.02. The van der Waals surface area contributed by atoms with Gasteiger partial charge in [0.25, 0.3) is 0 Å². The van der Waals surface area contributed by atoms with Crippen LogP contribution in [0.5, 0.6) is 0 Å². The van der Waals surface area contributed by atoms with E-state index in [1.54, 1.807) is 6.20 Å². The molecular formula is C13H13ClN2. The summed E-state index contributed by atoms with van der Waals surface area (Å²) in [5.41, 5.74) is 8.30. The van der Waals surface area contributed by atoms with Gasteiger partial charge in [-0.25, -0.2) is 0 Å². The fourth-order valence-corrected chi connectivity index (χ4v) is 2.04. The number of hydrogen-bond acceptors (Lipinski definition) is 2. The van der Waals surface area contributed by atoms with Gasteiger partial charge in [0.2, 0.25) is 0 Å². The minimum Gasteiger partial charge on any atom is -0.330 e. The van der Waals surface area contributed by atoms with E-state index in [0.717, 1.165) is 28.5 Å². The molecular weight excluding hydrogens is 220 g/mol. The maximum Gasteiger partial charge on any atom is 0.0791 e. The zero-order valence-corrected chi connectivity index (χ0v) is 9.67. The lowest BCUT2D eigenvalue weighted by Crippen LogP contribution is -2.00. The summed E-state index contributed by atoms with van der Waals surface area (Å²) in [4.78, 5) is 4.36. The number of nitrogens with zero attached hydrogens (tertiary/aromatic N) is 1. The Bertz CT molecular complexity index is 534. The molecule has 0 saturated carbocycles. The van der Waals surface area contributed by atoms with E-state index < -0.39 is 0 Å². The van der Waals surface area contributed by atoms with Crippen LogP contribution in [0.25, 0.3) is 16.5 Å². The molecule has 0 atom stereocenters. The highest BCUT2D eigenvalue weighted by Gasteiger charge is 2.09. The zero-order chi connectivity index (χ0) is 11.5. The number of benzene rings is 1. The van der Waals surface area contributed by atoms with Gasteiger partial charge in [-0.2, -0.15) is 0 Å². The van der Waals surface area contributed by atoms with Crippen molar-refractivity contribution in [2.75, 3.05) is 6.54 Å². The summed E-state index contributed by atoms with van der Waals surface area (Å²) in [6.45, 7) is 4.59. The Morgan fingerprint density at radius 2 is 2.19 bits per heavy atom. The van der Waals surface area contributed by atoms with Crippen molar-refractivity contribution in [3.05, 3.63) is 47.6 Å². The standard InChI is InChI=1S/C13H13ClN2/c1-9(6-7-15)12-11(14)5-4-10-3-2-8-16-13(10)12/h2-5,8H,1,6-7,15H2. The predicted octanol–water partition coefficient (Wildman–Crippen LogP) is 3.25. The molecule has 0 aliphatic heterocycles. The lowest BCUT2D eigenvalue weighted by atomic mass is 10.0. The molecule has 0 bridgehead atoms. The van der Waals surface area contributed by atoms with Gasteiger partial charge in [-0.05, 0) is 30.7 Å². The number of pyridine rings is 1. The summed E-state index contributed by atoms with van der Waals surface area (Å²) in [5.74, 6) is 0. The Labute approximate surface area is 99.7 Å². The Hall–Kier alpha value is -1.38. The van der Waals surface area contributed by atoms with Gasteiger partial charge in [-0.1, -0.05) is 30.3 Å². The molecule has 16 heavy (non-hydrogen) atoms. The molecule has 0 aliphatic rings. The fourth-order valence-electron chi connectivity index (χ4n) is 1.76. The minimum atomic E-state index is 0.568. The third-order valence-electron chi connectivity index (χ3n) is 2.52. The van der Waals surface area contributed by atoms with E-state index in [1.165, 1.54) is 0 Å². The topological polar surface area (TPSA) is 38.9 Å². The second-order valence-corrected chi connectivity index (χ2v) is 4.05.